The number of hydrogen-bond acceptors (Lipinski definition) is 2. The van der Waals surface area contributed by atoms with Gasteiger partial charge in [-0.3, -0.25) is 4.90 Å². The van der Waals surface area contributed by atoms with Gasteiger partial charge in [-0.05, 0) is 44.4 Å². The molecule has 0 aliphatic carbocycles. The second-order valence-corrected chi connectivity index (χ2v) is 7.13. The van der Waals surface area contributed by atoms with Crippen LogP contribution in [-0.2, 0) is 13.1 Å². The predicted octanol–water partition coefficient (Wildman–Crippen LogP) is 4.22. The zero-order chi connectivity index (χ0) is 15.9. The van der Waals surface area contributed by atoms with Crippen LogP contribution >= 0.6 is 0 Å². The molecule has 0 radical (unpaired) electrons. The molecule has 0 spiro atoms. The van der Waals surface area contributed by atoms with E-state index >= 15 is 0 Å². The highest BCUT2D eigenvalue weighted by Crippen LogP contribution is 2.19. The van der Waals surface area contributed by atoms with Crippen LogP contribution in [0.1, 0.15) is 45.7 Å². The fourth-order valence-corrected chi connectivity index (χ4v) is 2.32. The van der Waals surface area contributed by atoms with Gasteiger partial charge >= 0.3 is 0 Å². The number of nitrogens with one attached hydrogen (secondary N) is 1. The van der Waals surface area contributed by atoms with Gasteiger partial charge in [-0.1, -0.05) is 44.2 Å². The fraction of sp³-hybridized carbons (Fsp3) is 0.579. The van der Waals surface area contributed by atoms with Crippen molar-refractivity contribution in [2.75, 3.05) is 13.1 Å². The summed E-state index contributed by atoms with van der Waals surface area (Å²) in [6.07, 6.45) is 1.99. The normalized spacial score (nSPS) is 12.1. The van der Waals surface area contributed by atoms with Crippen LogP contribution in [-0.4, -0.2) is 23.5 Å². The molecule has 21 heavy (non-hydrogen) atoms. The Kier molecular flexibility index (Phi) is 7.13. The second kappa shape index (κ2) is 8.35. The summed E-state index contributed by atoms with van der Waals surface area (Å²) < 4.78 is 0. The molecule has 2 nitrogen and oxygen atoms in total. The molecule has 118 valence electrons. The summed E-state index contributed by atoms with van der Waals surface area (Å²) in [6.45, 7) is 19.0. The van der Waals surface area contributed by atoms with Crippen LogP contribution in [0, 0.1) is 5.92 Å². The van der Waals surface area contributed by atoms with Crippen LogP contribution in [0.15, 0.2) is 36.9 Å². The van der Waals surface area contributed by atoms with Crippen molar-refractivity contribution in [2.45, 2.75) is 53.2 Å². The Labute approximate surface area is 131 Å². The first-order valence-electron chi connectivity index (χ1n) is 7.98. The Balaban J connectivity index is 2.79. The maximum Gasteiger partial charge on any atom is 0.0245 e. The molecule has 1 aromatic carbocycles. The maximum absolute atomic E-state index is 3.89. The van der Waals surface area contributed by atoms with E-state index in [1.54, 1.807) is 0 Å². The SMILES string of the molecule is C=CCN(Cc1ccccc1CNCC(C)C)C(C)(C)C. The van der Waals surface area contributed by atoms with Crippen molar-refractivity contribution in [3.05, 3.63) is 48.0 Å². The summed E-state index contributed by atoms with van der Waals surface area (Å²) in [5, 5.41) is 3.55. The monoisotopic (exact) mass is 288 g/mol. The first-order chi connectivity index (χ1) is 9.84. The average Bonchev–Trinajstić information content (AvgIpc) is 2.38. The largest absolute Gasteiger partial charge is 0.312 e. The third kappa shape index (κ3) is 6.45. The molecule has 0 aliphatic rings. The van der Waals surface area contributed by atoms with Crippen molar-refractivity contribution in [3.8, 4) is 0 Å². The van der Waals surface area contributed by atoms with E-state index in [9.17, 15) is 0 Å². The average molecular weight is 288 g/mol. The van der Waals surface area contributed by atoms with Gasteiger partial charge in [0.1, 0.15) is 0 Å². The zero-order valence-corrected chi connectivity index (χ0v) is 14.4. The highest BCUT2D eigenvalue weighted by atomic mass is 15.2. The molecule has 2 heteroatoms. The van der Waals surface area contributed by atoms with Gasteiger partial charge < -0.3 is 5.32 Å². The van der Waals surface area contributed by atoms with E-state index in [1.807, 2.05) is 6.08 Å². The molecule has 0 unspecified atom stereocenters. The predicted molar refractivity (Wildman–Crippen MR) is 93.3 cm³/mol. The van der Waals surface area contributed by atoms with Gasteiger partial charge in [0.05, 0.1) is 0 Å². The minimum absolute atomic E-state index is 0.145. The summed E-state index contributed by atoms with van der Waals surface area (Å²) in [5.74, 6) is 0.684. The lowest BCUT2D eigenvalue weighted by molar-refractivity contribution is 0.145. The molecule has 0 atom stereocenters. The third-order valence-corrected chi connectivity index (χ3v) is 3.65. The first kappa shape index (κ1) is 17.9. The number of benzene rings is 1. The summed E-state index contributed by atoms with van der Waals surface area (Å²) in [6, 6.07) is 8.74. The van der Waals surface area contributed by atoms with Crippen LogP contribution in [0.5, 0.6) is 0 Å². The van der Waals surface area contributed by atoms with E-state index in [-0.39, 0.29) is 5.54 Å². The van der Waals surface area contributed by atoms with Gasteiger partial charge in [-0.15, -0.1) is 6.58 Å². The van der Waals surface area contributed by atoms with E-state index in [0.717, 1.165) is 26.2 Å². The van der Waals surface area contributed by atoms with Gasteiger partial charge in [-0.25, -0.2) is 0 Å². The maximum atomic E-state index is 3.89. The molecule has 0 heterocycles. The van der Waals surface area contributed by atoms with E-state index in [2.05, 4.69) is 75.7 Å². The number of rotatable bonds is 8. The molecule has 0 fully saturated rings. The number of nitrogens with zero attached hydrogens (tertiary/aromatic N) is 1. The van der Waals surface area contributed by atoms with Gasteiger partial charge in [0.2, 0.25) is 0 Å². The van der Waals surface area contributed by atoms with E-state index < -0.39 is 0 Å². The van der Waals surface area contributed by atoms with Crippen LogP contribution in [0.3, 0.4) is 0 Å². The molecule has 0 aromatic heterocycles. The molecule has 0 saturated heterocycles. The molecule has 0 amide bonds. The zero-order valence-electron chi connectivity index (χ0n) is 14.4. The van der Waals surface area contributed by atoms with Crippen molar-refractivity contribution < 1.29 is 0 Å². The molecular weight excluding hydrogens is 256 g/mol. The molecule has 1 rings (SSSR count). The van der Waals surface area contributed by atoms with Crippen LogP contribution in [0.4, 0.5) is 0 Å². The van der Waals surface area contributed by atoms with Crippen LogP contribution in [0.2, 0.25) is 0 Å². The lowest BCUT2D eigenvalue weighted by Gasteiger charge is -2.35. The third-order valence-electron chi connectivity index (χ3n) is 3.65. The van der Waals surface area contributed by atoms with Gasteiger partial charge in [-0.2, -0.15) is 0 Å². The van der Waals surface area contributed by atoms with Crippen molar-refractivity contribution in [2.24, 2.45) is 5.92 Å². The first-order valence-corrected chi connectivity index (χ1v) is 7.98. The van der Waals surface area contributed by atoms with Gasteiger partial charge in [0.25, 0.3) is 0 Å². The summed E-state index contributed by atoms with van der Waals surface area (Å²) in [5.41, 5.74) is 2.95. The van der Waals surface area contributed by atoms with Gasteiger partial charge in [0, 0.05) is 25.2 Å². The number of hydrogen-bond donors (Lipinski definition) is 1. The molecule has 1 aromatic rings. The smallest absolute Gasteiger partial charge is 0.0245 e. The minimum Gasteiger partial charge on any atom is -0.312 e. The van der Waals surface area contributed by atoms with E-state index in [0.29, 0.717) is 5.92 Å². The van der Waals surface area contributed by atoms with Crippen molar-refractivity contribution in [1.29, 1.82) is 0 Å². The standard InChI is InChI=1S/C19H32N2/c1-7-12-21(19(4,5)6)15-18-11-9-8-10-17(18)14-20-13-16(2)3/h7-11,16,20H,1,12-15H2,2-6H3. The van der Waals surface area contributed by atoms with Gasteiger partial charge in [0.15, 0.2) is 0 Å². The fourth-order valence-electron chi connectivity index (χ4n) is 2.32. The minimum atomic E-state index is 0.145. The highest BCUT2D eigenvalue weighted by Gasteiger charge is 2.20. The Hall–Kier alpha value is -1.12. The van der Waals surface area contributed by atoms with E-state index in [1.165, 1.54) is 11.1 Å². The molecule has 1 N–H and O–H groups in total. The Morgan fingerprint density at radius 2 is 1.81 bits per heavy atom. The van der Waals surface area contributed by atoms with Crippen molar-refractivity contribution in [1.82, 2.24) is 10.2 Å². The van der Waals surface area contributed by atoms with E-state index in [4.69, 9.17) is 0 Å². The Morgan fingerprint density at radius 3 is 2.33 bits per heavy atom. The van der Waals surface area contributed by atoms with Crippen molar-refractivity contribution in [3.63, 3.8) is 0 Å². The quantitative estimate of drug-likeness (QED) is 0.721. The highest BCUT2D eigenvalue weighted by molar-refractivity contribution is 5.27. The topological polar surface area (TPSA) is 15.3 Å². The summed E-state index contributed by atoms with van der Waals surface area (Å²) in [7, 11) is 0. The lowest BCUT2D eigenvalue weighted by Crippen LogP contribution is -2.41. The summed E-state index contributed by atoms with van der Waals surface area (Å²) >= 11 is 0. The molecule has 0 bridgehead atoms. The Bertz CT molecular complexity index is 429. The molecule has 0 aliphatic heterocycles. The Morgan fingerprint density at radius 1 is 1.19 bits per heavy atom. The second-order valence-electron chi connectivity index (χ2n) is 7.13. The van der Waals surface area contributed by atoms with Crippen molar-refractivity contribution >= 4 is 0 Å². The van der Waals surface area contributed by atoms with Crippen LogP contribution < -0.4 is 5.32 Å². The summed E-state index contributed by atoms with van der Waals surface area (Å²) in [4.78, 5) is 2.46. The molecule has 0 saturated carbocycles. The lowest BCUT2D eigenvalue weighted by atomic mass is 10.0. The molecular formula is C19H32N2. The van der Waals surface area contributed by atoms with Crippen LogP contribution in [0.25, 0.3) is 0 Å².